The first-order valence-electron chi connectivity index (χ1n) is 12.2. The van der Waals surface area contributed by atoms with E-state index in [0.717, 1.165) is 21.7 Å². The maximum Gasteiger partial charge on any atom is 0.261 e. The molecule has 0 radical (unpaired) electrons. The Labute approximate surface area is 233 Å². The van der Waals surface area contributed by atoms with Crippen molar-refractivity contribution in [2.45, 2.75) is 25.3 Å². The largest absolute Gasteiger partial charge is 0.322 e. The van der Waals surface area contributed by atoms with E-state index in [1.165, 1.54) is 66.7 Å². The zero-order valence-corrected chi connectivity index (χ0v) is 23.7. The van der Waals surface area contributed by atoms with E-state index in [2.05, 4.69) is 10.0 Å². The molecular formula is C29H28FN3O5S2. The molecule has 0 spiro atoms. The number of rotatable bonds is 9. The lowest BCUT2D eigenvalue weighted by atomic mass is 10.1. The predicted molar refractivity (Wildman–Crippen MR) is 155 cm³/mol. The van der Waals surface area contributed by atoms with E-state index in [1.807, 2.05) is 26.0 Å². The van der Waals surface area contributed by atoms with Crippen LogP contribution in [0.3, 0.4) is 0 Å². The minimum atomic E-state index is -3.84. The van der Waals surface area contributed by atoms with Crippen LogP contribution in [0.2, 0.25) is 0 Å². The molecule has 40 heavy (non-hydrogen) atoms. The number of nitrogens with one attached hydrogen (secondary N) is 2. The van der Waals surface area contributed by atoms with Crippen LogP contribution < -0.4 is 14.3 Å². The summed E-state index contributed by atoms with van der Waals surface area (Å²) in [6.45, 7) is 3.48. The molecule has 0 bridgehead atoms. The topological polar surface area (TPSA) is 113 Å². The fourth-order valence-electron chi connectivity index (χ4n) is 3.93. The van der Waals surface area contributed by atoms with Gasteiger partial charge in [-0.15, -0.1) is 0 Å². The van der Waals surface area contributed by atoms with E-state index in [0.29, 0.717) is 11.4 Å². The van der Waals surface area contributed by atoms with Crippen molar-refractivity contribution < 1.29 is 26.0 Å². The highest BCUT2D eigenvalue weighted by Gasteiger charge is 2.20. The van der Waals surface area contributed by atoms with Crippen LogP contribution in [-0.2, 0) is 26.6 Å². The summed E-state index contributed by atoms with van der Waals surface area (Å²) in [6, 6.07) is 22.9. The number of halogens is 1. The fourth-order valence-corrected chi connectivity index (χ4v) is 5.93. The Morgan fingerprint density at radius 2 is 1.50 bits per heavy atom. The lowest BCUT2D eigenvalue weighted by molar-refractivity contribution is 0.102. The van der Waals surface area contributed by atoms with Gasteiger partial charge in [-0.05, 0) is 85.6 Å². The summed E-state index contributed by atoms with van der Waals surface area (Å²) >= 11 is 0. The van der Waals surface area contributed by atoms with E-state index < -0.39 is 31.8 Å². The first-order valence-corrected chi connectivity index (χ1v) is 15.5. The maximum absolute atomic E-state index is 14.1. The van der Waals surface area contributed by atoms with Crippen molar-refractivity contribution in [1.29, 1.82) is 0 Å². The molecule has 2 N–H and O–H groups in total. The van der Waals surface area contributed by atoms with Crippen molar-refractivity contribution in [3.05, 3.63) is 119 Å². The van der Waals surface area contributed by atoms with Crippen molar-refractivity contribution in [3.63, 3.8) is 0 Å². The molecule has 0 unspecified atom stereocenters. The zero-order chi connectivity index (χ0) is 29.1. The monoisotopic (exact) mass is 581 g/mol. The smallest absolute Gasteiger partial charge is 0.261 e. The number of carbonyl (C=O) groups is 1. The number of hydrogen-bond acceptors (Lipinski definition) is 5. The molecule has 4 rings (SSSR count). The number of benzene rings is 4. The highest BCUT2D eigenvalue weighted by Crippen LogP contribution is 2.24. The summed E-state index contributed by atoms with van der Waals surface area (Å²) in [5.74, 6) is -0.997. The van der Waals surface area contributed by atoms with Crippen LogP contribution in [0.5, 0.6) is 0 Å². The molecule has 1 amide bonds. The molecular weight excluding hydrogens is 553 g/mol. The van der Waals surface area contributed by atoms with Crippen molar-refractivity contribution in [2.24, 2.45) is 0 Å². The van der Waals surface area contributed by atoms with Gasteiger partial charge in [-0.2, -0.15) is 0 Å². The maximum atomic E-state index is 14.1. The van der Waals surface area contributed by atoms with Crippen LogP contribution in [0.15, 0.2) is 95.9 Å². The van der Waals surface area contributed by atoms with Crippen LogP contribution in [0.1, 0.15) is 27.0 Å². The first-order chi connectivity index (χ1) is 18.8. The summed E-state index contributed by atoms with van der Waals surface area (Å²) in [7, 11) is -7.58. The summed E-state index contributed by atoms with van der Waals surface area (Å²) in [5, 5.41) is 2.69. The Kier molecular flexibility index (Phi) is 8.26. The van der Waals surface area contributed by atoms with Crippen LogP contribution in [0.4, 0.5) is 21.5 Å². The predicted octanol–water partition coefficient (Wildman–Crippen LogP) is 5.46. The SMILES string of the molecule is Cc1ccc(C)c(NS(=O)(=O)c2ccc(NC(=O)c3ccc(N(Cc4ccccc4F)S(C)(=O)=O)cc3)cc2)c1. The summed E-state index contributed by atoms with van der Waals surface area (Å²) in [6.07, 6.45) is 1.02. The molecule has 0 saturated carbocycles. The molecule has 0 aliphatic carbocycles. The van der Waals surface area contributed by atoms with Gasteiger partial charge in [-0.25, -0.2) is 21.2 Å². The number of aryl methyl sites for hydroxylation is 2. The number of anilines is 3. The van der Waals surface area contributed by atoms with E-state index >= 15 is 0 Å². The average Bonchev–Trinajstić information content (AvgIpc) is 2.90. The molecule has 0 atom stereocenters. The Balaban J connectivity index is 1.46. The van der Waals surface area contributed by atoms with Gasteiger partial charge in [-0.1, -0.05) is 30.3 Å². The summed E-state index contributed by atoms with van der Waals surface area (Å²) in [4.78, 5) is 12.8. The lowest BCUT2D eigenvalue weighted by Gasteiger charge is -2.23. The molecule has 0 fully saturated rings. The Morgan fingerprint density at radius 3 is 2.12 bits per heavy atom. The van der Waals surface area contributed by atoms with Gasteiger partial charge in [0.15, 0.2) is 0 Å². The molecule has 4 aromatic rings. The quantitative estimate of drug-likeness (QED) is 0.273. The average molecular weight is 582 g/mol. The van der Waals surface area contributed by atoms with Crippen LogP contribution >= 0.6 is 0 Å². The molecule has 0 aromatic heterocycles. The van der Waals surface area contributed by atoms with Gasteiger partial charge < -0.3 is 5.32 Å². The van der Waals surface area contributed by atoms with Gasteiger partial charge in [0.05, 0.1) is 29.1 Å². The van der Waals surface area contributed by atoms with Gasteiger partial charge in [0.25, 0.3) is 15.9 Å². The second-order valence-electron chi connectivity index (χ2n) is 9.31. The normalized spacial score (nSPS) is 11.6. The van der Waals surface area contributed by atoms with Gasteiger partial charge in [0.2, 0.25) is 10.0 Å². The zero-order valence-electron chi connectivity index (χ0n) is 22.1. The highest BCUT2D eigenvalue weighted by molar-refractivity contribution is 7.92. The molecule has 8 nitrogen and oxygen atoms in total. The van der Waals surface area contributed by atoms with E-state index in [1.54, 1.807) is 12.1 Å². The second-order valence-corrected chi connectivity index (χ2v) is 12.9. The third-order valence-corrected chi connectivity index (χ3v) is 8.67. The van der Waals surface area contributed by atoms with Gasteiger partial charge in [0, 0.05) is 16.8 Å². The van der Waals surface area contributed by atoms with Gasteiger partial charge >= 0.3 is 0 Å². The molecule has 0 aliphatic heterocycles. The third kappa shape index (κ3) is 6.85. The lowest BCUT2D eigenvalue weighted by Crippen LogP contribution is -2.29. The minimum absolute atomic E-state index is 0.0338. The van der Waals surface area contributed by atoms with E-state index in [4.69, 9.17) is 0 Å². The van der Waals surface area contributed by atoms with Crippen molar-refractivity contribution in [3.8, 4) is 0 Å². The number of hydrogen-bond donors (Lipinski definition) is 2. The molecule has 0 saturated heterocycles. The number of amides is 1. The molecule has 0 heterocycles. The van der Waals surface area contributed by atoms with Crippen LogP contribution in [0.25, 0.3) is 0 Å². The van der Waals surface area contributed by atoms with Crippen LogP contribution in [0, 0.1) is 19.7 Å². The number of nitrogens with zero attached hydrogens (tertiary/aromatic N) is 1. The summed E-state index contributed by atoms with van der Waals surface area (Å²) < 4.78 is 68.3. The van der Waals surface area contributed by atoms with Crippen molar-refractivity contribution in [1.82, 2.24) is 0 Å². The fraction of sp³-hybridized carbons (Fsp3) is 0.138. The van der Waals surface area contributed by atoms with Crippen LogP contribution in [-0.4, -0.2) is 29.0 Å². The van der Waals surface area contributed by atoms with Gasteiger partial charge in [-0.3, -0.25) is 13.8 Å². The van der Waals surface area contributed by atoms with Crippen molar-refractivity contribution in [2.75, 3.05) is 20.6 Å². The second kappa shape index (κ2) is 11.5. The molecule has 0 aliphatic rings. The van der Waals surface area contributed by atoms with Gasteiger partial charge in [0.1, 0.15) is 5.82 Å². The summed E-state index contributed by atoms with van der Waals surface area (Å²) in [5.41, 5.74) is 3.30. The third-order valence-electron chi connectivity index (χ3n) is 6.15. The molecule has 4 aromatic carbocycles. The Morgan fingerprint density at radius 1 is 0.850 bits per heavy atom. The Hall–Kier alpha value is -4.22. The molecule has 208 valence electrons. The minimum Gasteiger partial charge on any atom is -0.322 e. The van der Waals surface area contributed by atoms with E-state index in [-0.39, 0.29) is 28.3 Å². The van der Waals surface area contributed by atoms with Crippen molar-refractivity contribution >= 4 is 43.0 Å². The number of sulfonamides is 2. The Bertz CT molecular complexity index is 1760. The van der Waals surface area contributed by atoms with E-state index in [9.17, 15) is 26.0 Å². The standard InChI is InChI=1S/C29H28FN3O5S2/c1-20-8-9-21(2)28(18-20)32-40(37,38)26-16-12-24(13-17-26)31-29(34)22-10-14-25(15-11-22)33(39(3,35)36)19-23-6-4-5-7-27(23)30/h4-18,32H,19H2,1-3H3,(H,31,34). The first kappa shape index (κ1) is 28.8. The highest BCUT2D eigenvalue weighted by atomic mass is 32.2. The molecule has 11 heteroatoms. The number of carbonyl (C=O) groups excluding carboxylic acids is 1.